The van der Waals surface area contributed by atoms with Gasteiger partial charge in [0.15, 0.2) is 0 Å². The van der Waals surface area contributed by atoms with Crippen LogP contribution in [0.15, 0.2) is 47.6 Å². The number of carbonyl (C=O) groups excluding carboxylic acids is 4. The molecule has 0 aromatic heterocycles. The maximum absolute atomic E-state index is 14.0. The van der Waals surface area contributed by atoms with Crippen LogP contribution < -0.4 is 0 Å². The van der Waals surface area contributed by atoms with Crippen molar-refractivity contribution in [2.24, 2.45) is 41.4 Å². The minimum absolute atomic E-state index is 0.0219. The number of aliphatic hydroxyl groups excluding tert-OH is 2. The molecule has 0 spiro atoms. The summed E-state index contributed by atoms with van der Waals surface area (Å²) >= 11 is 0. The van der Waals surface area contributed by atoms with Crippen molar-refractivity contribution >= 4 is 23.4 Å². The largest absolute Gasteiger partial charge is 0.460 e. The van der Waals surface area contributed by atoms with Crippen molar-refractivity contribution in [2.45, 2.75) is 188 Å². The van der Waals surface area contributed by atoms with Crippen LogP contribution in [-0.2, 0) is 28.7 Å². The first-order chi connectivity index (χ1) is 28.2. The number of hydrogen-bond acceptors (Lipinski definition) is 9. The van der Waals surface area contributed by atoms with E-state index in [0.29, 0.717) is 43.2 Å². The highest BCUT2D eigenvalue weighted by molar-refractivity contribution is 5.87. The van der Waals surface area contributed by atoms with E-state index < -0.39 is 35.7 Å². The third-order valence-corrected chi connectivity index (χ3v) is 14.0. The molecule has 1 saturated heterocycles. The molecule has 0 bridgehead atoms. The first-order valence-corrected chi connectivity index (χ1v) is 23.1. The lowest BCUT2D eigenvalue weighted by Crippen LogP contribution is -2.47. The number of aliphatic hydroxyl groups is 3. The van der Waals surface area contributed by atoms with Crippen LogP contribution in [0.2, 0.25) is 0 Å². The van der Waals surface area contributed by atoms with Crippen LogP contribution in [0.25, 0.3) is 0 Å². The van der Waals surface area contributed by atoms with E-state index in [-0.39, 0.29) is 72.6 Å². The Morgan fingerprint density at radius 2 is 1.55 bits per heavy atom. The zero-order valence-electron chi connectivity index (χ0n) is 38.7. The molecule has 340 valence electrons. The van der Waals surface area contributed by atoms with Gasteiger partial charge in [-0.3, -0.25) is 14.4 Å². The Morgan fingerprint density at radius 3 is 2.22 bits per heavy atom. The van der Waals surface area contributed by atoms with Gasteiger partial charge in [-0.05, 0) is 126 Å². The number of amides is 1. The van der Waals surface area contributed by atoms with Gasteiger partial charge in [-0.2, -0.15) is 0 Å². The van der Waals surface area contributed by atoms with Crippen LogP contribution in [0, 0.1) is 41.4 Å². The van der Waals surface area contributed by atoms with E-state index in [9.17, 15) is 34.5 Å². The molecule has 3 N–H and O–H groups in total. The molecule has 10 heteroatoms. The van der Waals surface area contributed by atoms with Crippen molar-refractivity contribution in [3.05, 3.63) is 47.6 Å². The van der Waals surface area contributed by atoms with E-state index in [2.05, 4.69) is 32.9 Å². The van der Waals surface area contributed by atoms with Crippen molar-refractivity contribution in [2.75, 3.05) is 13.7 Å². The van der Waals surface area contributed by atoms with Crippen molar-refractivity contribution in [1.29, 1.82) is 0 Å². The maximum atomic E-state index is 14.0. The predicted molar refractivity (Wildman–Crippen MR) is 238 cm³/mol. The topological polar surface area (TPSA) is 151 Å². The summed E-state index contributed by atoms with van der Waals surface area (Å²) in [5, 5.41) is 32.8. The summed E-state index contributed by atoms with van der Waals surface area (Å²) in [6.45, 7) is 17.8. The molecule has 60 heavy (non-hydrogen) atoms. The molecule has 10 nitrogen and oxygen atoms in total. The fourth-order valence-corrected chi connectivity index (χ4v) is 9.27. The second-order valence-corrected chi connectivity index (χ2v) is 19.5. The highest BCUT2D eigenvalue weighted by atomic mass is 16.5. The fourth-order valence-electron chi connectivity index (χ4n) is 9.27. The number of nitrogens with zero attached hydrogens (tertiary/aromatic N) is 1. The minimum atomic E-state index is -1.28. The van der Waals surface area contributed by atoms with Gasteiger partial charge in [0.2, 0.25) is 5.91 Å². The number of Topliss-reactive ketones (excluding diaryl/α,β-unsaturated/α-hetero) is 2. The summed E-state index contributed by atoms with van der Waals surface area (Å²) in [4.78, 5) is 56.5. The summed E-state index contributed by atoms with van der Waals surface area (Å²) in [6, 6.07) is -0.798. The molecule has 0 aromatic rings. The van der Waals surface area contributed by atoms with Crippen LogP contribution in [0.5, 0.6) is 0 Å². The number of ketones is 2. The van der Waals surface area contributed by atoms with Gasteiger partial charge in [0.25, 0.3) is 0 Å². The van der Waals surface area contributed by atoms with Gasteiger partial charge >= 0.3 is 5.97 Å². The van der Waals surface area contributed by atoms with Gasteiger partial charge in [-0.1, -0.05) is 84.4 Å². The molecular weight excluding hydrogens is 759 g/mol. The van der Waals surface area contributed by atoms with E-state index in [1.54, 1.807) is 38.9 Å². The van der Waals surface area contributed by atoms with Gasteiger partial charge in [0.05, 0.1) is 30.3 Å². The Morgan fingerprint density at radius 1 is 0.867 bits per heavy atom. The average Bonchev–Trinajstić information content (AvgIpc) is 3.69. The summed E-state index contributed by atoms with van der Waals surface area (Å²) < 4.78 is 12.1. The third-order valence-electron chi connectivity index (χ3n) is 14.0. The van der Waals surface area contributed by atoms with Crippen LogP contribution in [0.4, 0.5) is 0 Å². The van der Waals surface area contributed by atoms with E-state index in [4.69, 9.17) is 9.47 Å². The van der Waals surface area contributed by atoms with E-state index in [1.165, 1.54) is 0 Å². The molecule has 1 unspecified atom stereocenters. The second kappa shape index (κ2) is 24.6. The molecule has 11 atom stereocenters. The summed E-state index contributed by atoms with van der Waals surface area (Å²) in [7, 11) is 1.72. The lowest BCUT2D eigenvalue weighted by atomic mass is 9.79. The average molecular weight is 840 g/mol. The normalized spacial score (nSPS) is 38.7. The van der Waals surface area contributed by atoms with Gasteiger partial charge < -0.3 is 29.7 Å². The van der Waals surface area contributed by atoms with E-state index >= 15 is 0 Å². The number of methoxy groups -OCH3 is 1. The number of rotatable bonds is 4. The first kappa shape index (κ1) is 51.4. The zero-order chi connectivity index (χ0) is 44.7. The van der Waals surface area contributed by atoms with Gasteiger partial charge in [-0.25, -0.2) is 4.79 Å². The molecular formula is C50H81NO9. The van der Waals surface area contributed by atoms with Crippen molar-refractivity contribution in [3.8, 4) is 0 Å². The Labute approximate surface area is 362 Å². The van der Waals surface area contributed by atoms with Crippen molar-refractivity contribution in [3.63, 3.8) is 0 Å². The van der Waals surface area contributed by atoms with Gasteiger partial charge in [0, 0.05) is 38.3 Å². The number of ether oxygens (including phenoxy) is 2. The van der Waals surface area contributed by atoms with Crippen molar-refractivity contribution in [1.82, 2.24) is 4.90 Å². The van der Waals surface area contributed by atoms with Crippen LogP contribution in [0.3, 0.4) is 0 Å². The van der Waals surface area contributed by atoms with Crippen LogP contribution in [0.1, 0.15) is 152 Å². The quantitative estimate of drug-likeness (QED) is 0.187. The lowest BCUT2D eigenvalue weighted by Gasteiger charge is -2.34. The monoisotopic (exact) mass is 840 g/mol. The summed E-state index contributed by atoms with van der Waals surface area (Å²) in [5.74, 6) is -1.37. The van der Waals surface area contributed by atoms with Crippen LogP contribution in [-0.4, -0.2) is 93.4 Å². The number of esters is 1. The number of hydrogen-bond donors (Lipinski definition) is 3. The number of fused-ring (bicyclic) bond motifs is 1. The van der Waals surface area contributed by atoms with Gasteiger partial charge in [-0.15, -0.1) is 0 Å². The smallest absolute Gasteiger partial charge is 0.329 e. The molecule has 3 rings (SSSR count). The highest BCUT2D eigenvalue weighted by Crippen LogP contribution is 2.34. The minimum Gasteiger partial charge on any atom is -0.460 e. The van der Waals surface area contributed by atoms with E-state index in [0.717, 1.165) is 56.9 Å². The maximum Gasteiger partial charge on any atom is 0.329 e. The number of carbonyl (C=O) groups is 4. The standard InChI is InChI=1S/C50H81NO9/c1-32-15-12-11-13-16-34(3)46(59-10)26-33(2)18-19-39(8)50(9,58)31-48(56)51-24-14-17-42(51)49(57)60-47(38(7)28-40-20-22-41(52)23-21-40)30-45(55)37(6)27-36(5)44(54)29-43(53)35(4)25-32/h11-13,15-16,27,32-33,35,37-42,44,46-47,52,54,58H,14,17-26,28-31H2,1-10H3/b13-11+,15-12+,34-16?,36-27+/t32-,33+,35-,37-,38-,39-,40?,41?,42?,44+,46+,47+,50-/m1/s1. The molecule has 2 aliphatic heterocycles. The van der Waals surface area contributed by atoms with E-state index in [1.807, 2.05) is 39.0 Å². The Kier molecular flexibility index (Phi) is 21.1. The third kappa shape index (κ3) is 16.4. The first-order valence-electron chi connectivity index (χ1n) is 23.1. The Hall–Kier alpha value is -2.92. The molecule has 1 aliphatic carbocycles. The second-order valence-electron chi connectivity index (χ2n) is 19.5. The lowest BCUT2D eigenvalue weighted by molar-refractivity contribution is -0.163. The molecule has 3 aliphatic rings. The Bertz CT molecular complexity index is 1520. The molecule has 2 heterocycles. The predicted octanol–water partition coefficient (Wildman–Crippen LogP) is 8.66. The molecule has 1 amide bonds. The molecule has 1 saturated carbocycles. The van der Waals surface area contributed by atoms with Crippen LogP contribution >= 0.6 is 0 Å². The van der Waals surface area contributed by atoms with Crippen molar-refractivity contribution < 1.29 is 44.0 Å². The zero-order valence-corrected chi connectivity index (χ0v) is 38.7. The summed E-state index contributed by atoms with van der Waals surface area (Å²) in [6.07, 6.45) is 17.6. The fraction of sp³-hybridized carbons (Fsp3) is 0.760. The molecule has 2 fully saturated rings. The SMILES string of the molecule is CO[C@H]1C[C@@H](C)CC[C@@H](C)[C@](C)(O)CC(=O)N2CCCC2C(=O)O[C@H]([C@H](C)CC2CCC(O)CC2)CC(=O)[C@H](C)/C=C(\C)[C@@H](O)CC(=O)[C@H](C)C[C@H](C)/C=C/C=C/C=C1C. The number of cyclic esters (lactones) is 1. The number of allylic oxidation sites excluding steroid dienone is 6. The Balaban J connectivity index is 1.88. The highest BCUT2D eigenvalue weighted by Gasteiger charge is 2.41. The molecule has 0 aromatic carbocycles. The van der Waals surface area contributed by atoms with Gasteiger partial charge in [0.1, 0.15) is 23.7 Å². The summed E-state index contributed by atoms with van der Waals surface area (Å²) in [5.41, 5.74) is 0.372. The molecule has 0 radical (unpaired) electrons.